The van der Waals surface area contributed by atoms with E-state index in [1.807, 2.05) is 12.1 Å². The molecule has 0 radical (unpaired) electrons. The quantitative estimate of drug-likeness (QED) is 0.484. The number of rotatable bonds is 4. The van der Waals surface area contributed by atoms with Crippen molar-refractivity contribution in [1.82, 2.24) is 9.97 Å². The predicted molar refractivity (Wildman–Crippen MR) is 73.3 cm³/mol. The first-order valence-corrected chi connectivity index (χ1v) is 6.62. The third kappa shape index (κ3) is 3.51. The minimum atomic E-state index is -0.508. The molecule has 98 valence electrons. The fraction of sp³-hybridized carbons (Fsp3) is 0.231. The van der Waals surface area contributed by atoms with E-state index in [0.717, 1.165) is 4.90 Å². The van der Waals surface area contributed by atoms with Crippen molar-refractivity contribution in [3.63, 3.8) is 0 Å². The van der Waals surface area contributed by atoms with E-state index in [-0.39, 0.29) is 5.69 Å². The van der Waals surface area contributed by atoms with Crippen LogP contribution in [0.4, 0.5) is 5.69 Å². The second-order valence-corrected chi connectivity index (χ2v) is 5.35. The molecule has 0 aliphatic carbocycles. The summed E-state index contributed by atoms with van der Waals surface area (Å²) in [5, 5.41) is 11.0. The lowest BCUT2D eigenvalue weighted by Gasteiger charge is -2.05. The van der Waals surface area contributed by atoms with Gasteiger partial charge in [-0.15, -0.1) is 0 Å². The summed E-state index contributed by atoms with van der Waals surface area (Å²) in [6.07, 6.45) is 2.44. The van der Waals surface area contributed by atoms with Crippen LogP contribution in [0, 0.1) is 10.1 Å². The highest BCUT2D eigenvalue weighted by atomic mass is 32.2. The molecule has 6 heteroatoms. The summed E-state index contributed by atoms with van der Waals surface area (Å²) in [4.78, 5) is 18.9. The van der Waals surface area contributed by atoms with E-state index < -0.39 is 4.92 Å². The Kier molecular flexibility index (Phi) is 4.11. The van der Waals surface area contributed by atoms with Gasteiger partial charge in [-0.3, -0.25) is 10.1 Å². The number of nitrogens with zero attached hydrogens (tertiary/aromatic N) is 3. The van der Waals surface area contributed by atoms with Crippen molar-refractivity contribution in [2.45, 2.75) is 29.8 Å². The van der Waals surface area contributed by atoms with Gasteiger partial charge in [0.25, 0.3) is 0 Å². The lowest BCUT2D eigenvalue weighted by atomic mass is 10.0. The molecular weight excluding hydrogens is 262 g/mol. The fourth-order valence-corrected chi connectivity index (χ4v) is 2.18. The largest absolute Gasteiger partial charge is 0.305 e. The SMILES string of the molecule is CC(C)c1ccc(Sc2ncc([N+](=O)[O-])cn2)cc1. The van der Waals surface area contributed by atoms with E-state index in [1.165, 1.54) is 29.7 Å². The molecule has 0 fully saturated rings. The van der Waals surface area contributed by atoms with Crippen LogP contribution in [0.3, 0.4) is 0 Å². The Morgan fingerprint density at radius 2 is 1.74 bits per heavy atom. The lowest BCUT2D eigenvalue weighted by molar-refractivity contribution is -0.385. The molecule has 1 aromatic carbocycles. The first-order chi connectivity index (χ1) is 9.06. The van der Waals surface area contributed by atoms with Crippen LogP contribution in [-0.2, 0) is 0 Å². The van der Waals surface area contributed by atoms with Crippen molar-refractivity contribution < 1.29 is 4.92 Å². The van der Waals surface area contributed by atoms with Crippen molar-refractivity contribution in [3.05, 3.63) is 52.3 Å². The van der Waals surface area contributed by atoms with Gasteiger partial charge in [0.15, 0.2) is 5.16 Å². The van der Waals surface area contributed by atoms with Crippen LogP contribution in [0.5, 0.6) is 0 Å². The van der Waals surface area contributed by atoms with Gasteiger partial charge in [-0.1, -0.05) is 26.0 Å². The molecule has 5 nitrogen and oxygen atoms in total. The highest BCUT2D eigenvalue weighted by molar-refractivity contribution is 7.99. The lowest BCUT2D eigenvalue weighted by Crippen LogP contribution is -1.92. The zero-order chi connectivity index (χ0) is 13.8. The van der Waals surface area contributed by atoms with E-state index in [1.54, 1.807) is 0 Å². The third-order valence-electron chi connectivity index (χ3n) is 2.58. The van der Waals surface area contributed by atoms with Gasteiger partial charge in [0, 0.05) is 4.90 Å². The number of aromatic nitrogens is 2. The van der Waals surface area contributed by atoms with Crippen molar-refractivity contribution in [1.29, 1.82) is 0 Å². The Morgan fingerprint density at radius 1 is 1.16 bits per heavy atom. The molecular formula is C13H13N3O2S. The molecule has 0 unspecified atom stereocenters. The second kappa shape index (κ2) is 5.79. The van der Waals surface area contributed by atoms with Crippen LogP contribution in [0.1, 0.15) is 25.3 Å². The minimum Gasteiger partial charge on any atom is -0.258 e. The highest BCUT2D eigenvalue weighted by Crippen LogP contribution is 2.26. The zero-order valence-electron chi connectivity index (χ0n) is 10.6. The van der Waals surface area contributed by atoms with Crippen LogP contribution in [0.2, 0.25) is 0 Å². The van der Waals surface area contributed by atoms with Gasteiger partial charge < -0.3 is 0 Å². The van der Waals surface area contributed by atoms with E-state index in [0.29, 0.717) is 11.1 Å². The molecule has 1 heterocycles. The normalized spacial score (nSPS) is 10.7. The first kappa shape index (κ1) is 13.5. The van der Waals surface area contributed by atoms with Crippen molar-refractivity contribution in [3.8, 4) is 0 Å². The molecule has 0 saturated carbocycles. The van der Waals surface area contributed by atoms with Gasteiger partial charge in [-0.05, 0) is 35.4 Å². The maximum absolute atomic E-state index is 10.5. The van der Waals surface area contributed by atoms with Crippen LogP contribution >= 0.6 is 11.8 Å². The molecule has 2 aromatic rings. The highest BCUT2D eigenvalue weighted by Gasteiger charge is 2.08. The smallest absolute Gasteiger partial charge is 0.258 e. The number of hydrogen-bond donors (Lipinski definition) is 0. The van der Waals surface area contributed by atoms with Gasteiger partial charge in [0.2, 0.25) is 0 Å². The summed E-state index contributed by atoms with van der Waals surface area (Å²) in [5.74, 6) is 0.495. The fourth-order valence-electron chi connectivity index (χ4n) is 1.48. The van der Waals surface area contributed by atoms with Crippen molar-refractivity contribution in [2.24, 2.45) is 0 Å². The summed E-state index contributed by atoms with van der Waals surface area (Å²) in [6, 6.07) is 8.15. The maximum atomic E-state index is 10.5. The average Bonchev–Trinajstić information content (AvgIpc) is 2.40. The molecule has 2 rings (SSSR count). The van der Waals surface area contributed by atoms with E-state index in [4.69, 9.17) is 0 Å². The van der Waals surface area contributed by atoms with E-state index in [2.05, 4.69) is 35.9 Å². The van der Waals surface area contributed by atoms with Crippen LogP contribution in [-0.4, -0.2) is 14.9 Å². The standard InChI is InChI=1S/C13H13N3O2S/c1-9(2)10-3-5-12(6-4-10)19-13-14-7-11(8-15-13)16(17)18/h3-9H,1-2H3. The summed E-state index contributed by atoms with van der Waals surface area (Å²) in [7, 11) is 0. The molecule has 0 bridgehead atoms. The van der Waals surface area contributed by atoms with Gasteiger partial charge in [-0.2, -0.15) is 0 Å². The number of benzene rings is 1. The molecule has 19 heavy (non-hydrogen) atoms. The van der Waals surface area contributed by atoms with E-state index in [9.17, 15) is 10.1 Å². The molecule has 0 spiro atoms. The average molecular weight is 275 g/mol. The topological polar surface area (TPSA) is 68.9 Å². The van der Waals surface area contributed by atoms with Crippen molar-refractivity contribution in [2.75, 3.05) is 0 Å². The van der Waals surface area contributed by atoms with Crippen LogP contribution < -0.4 is 0 Å². The second-order valence-electron chi connectivity index (χ2n) is 4.31. The monoisotopic (exact) mass is 275 g/mol. The predicted octanol–water partition coefficient (Wildman–Crippen LogP) is 3.66. The number of hydrogen-bond acceptors (Lipinski definition) is 5. The van der Waals surface area contributed by atoms with Gasteiger partial charge in [0.1, 0.15) is 12.4 Å². The Balaban J connectivity index is 2.10. The Hall–Kier alpha value is -1.95. The summed E-state index contributed by atoms with van der Waals surface area (Å²) < 4.78 is 0. The van der Waals surface area contributed by atoms with E-state index >= 15 is 0 Å². The Bertz CT molecular complexity index is 567. The molecule has 1 aromatic heterocycles. The molecule has 0 atom stereocenters. The summed E-state index contributed by atoms with van der Waals surface area (Å²) in [6.45, 7) is 4.28. The summed E-state index contributed by atoms with van der Waals surface area (Å²) in [5.41, 5.74) is 1.17. The molecule has 0 aliphatic heterocycles. The first-order valence-electron chi connectivity index (χ1n) is 5.80. The van der Waals surface area contributed by atoms with Gasteiger partial charge in [0.05, 0.1) is 4.92 Å². The summed E-state index contributed by atoms with van der Waals surface area (Å²) >= 11 is 1.38. The Morgan fingerprint density at radius 3 is 2.21 bits per heavy atom. The van der Waals surface area contributed by atoms with Crippen LogP contribution in [0.15, 0.2) is 46.7 Å². The van der Waals surface area contributed by atoms with Gasteiger partial charge in [-0.25, -0.2) is 9.97 Å². The van der Waals surface area contributed by atoms with Crippen LogP contribution in [0.25, 0.3) is 0 Å². The molecule has 0 saturated heterocycles. The maximum Gasteiger partial charge on any atom is 0.305 e. The molecule has 0 N–H and O–H groups in total. The minimum absolute atomic E-state index is 0.0977. The number of nitro groups is 1. The van der Waals surface area contributed by atoms with Crippen molar-refractivity contribution >= 4 is 17.4 Å². The zero-order valence-corrected chi connectivity index (χ0v) is 11.4. The van der Waals surface area contributed by atoms with Gasteiger partial charge >= 0.3 is 5.69 Å². The Labute approximate surface area is 115 Å². The third-order valence-corrected chi connectivity index (χ3v) is 3.48. The molecule has 0 amide bonds. The molecule has 0 aliphatic rings.